The minimum Gasteiger partial charge on any atom is -0.368 e. The van der Waals surface area contributed by atoms with Crippen molar-refractivity contribution in [3.05, 3.63) is 24.3 Å². The van der Waals surface area contributed by atoms with Gasteiger partial charge in [0.1, 0.15) is 0 Å². The summed E-state index contributed by atoms with van der Waals surface area (Å²) < 4.78 is 0. The second-order valence-corrected chi connectivity index (χ2v) is 6.24. The smallest absolute Gasteiger partial charge is 0.317 e. The van der Waals surface area contributed by atoms with Gasteiger partial charge in [0.15, 0.2) is 0 Å². The Morgan fingerprint density at radius 3 is 2.12 bits per heavy atom. The van der Waals surface area contributed by atoms with Gasteiger partial charge in [-0.15, -0.1) is 24.8 Å². The molecular weight excluding hydrogens is 377 g/mol. The molecule has 2 rings (SSSR count). The van der Waals surface area contributed by atoms with Crippen molar-refractivity contribution in [2.45, 2.75) is 6.92 Å². The third-order valence-corrected chi connectivity index (χ3v) is 3.95. The van der Waals surface area contributed by atoms with Crippen LogP contribution in [0, 0.1) is 0 Å². The summed E-state index contributed by atoms with van der Waals surface area (Å²) in [5, 5.41) is 5.71. The predicted molar refractivity (Wildman–Crippen MR) is 111 cm³/mol. The molecule has 7 nitrogen and oxygen atoms in total. The molecule has 26 heavy (non-hydrogen) atoms. The molecule has 0 saturated carbocycles. The van der Waals surface area contributed by atoms with E-state index in [1.165, 1.54) is 6.92 Å². The van der Waals surface area contributed by atoms with Crippen LogP contribution in [0.2, 0.25) is 0 Å². The Kier molecular flexibility index (Phi) is 11.1. The third-order valence-electron chi connectivity index (χ3n) is 3.95. The molecule has 0 spiro atoms. The lowest BCUT2D eigenvalue weighted by atomic mass is 10.2. The first-order valence-electron chi connectivity index (χ1n) is 8.26. The molecule has 2 N–H and O–H groups in total. The molecule has 0 aromatic heterocycles. The van der Waals surface area contributed by atoms with Gasteiger partial charge in [-0.05, 0) is 38.4 Å². The summed E-state index contributed by atoms with van der Waals surface area (Å²) in [5.41, 5.74) is 1.90. The second kappa shape index (κ2) is 11.8. The van der Waals surface area contributed by atoms with Crippen molar-refractivity contribution in [1.29, 1.82) is 0 Å². The van der Waals surface area contributed by atoms with Gasteiger partial charge in [-0.3, -0.25) is 4.79 Å². The van der Waals surface area contributed by atoms with Crippen LogP contribution in [0.4, 0.5) is 16.2 Å². The van der Waals surface area contributed by atoms with Crippen LogP contribution in [-0.4, -0.2) is 75.1 Å². The summed E-state index contributed by atoms with van der Waals surface area (Å²) in [6.45, 7) is 6.03. The quantitative estimate of drug-likeness (QED) is 0.784. The van der Waals surface area contributed by atoms with Gasteiger partial charge in [0.05, 0.1) is 0 Å². The molecule has 0 unspecified atom stereocenters. The number of carbonyl (C=O) groups excluding carboxylic acids is 2. The molecule has 3 amide bonds. The molecule has 1 saturated heterocycles. The van der Waals surface area contributed by atoms with E-state index in [1.54, 1.807) is 0 Å². The number of piperazine rings is 1. The molecule has 1 fully saturated rings. The van der Waals surface area contributed by atoms with Crippen molar-refractivity contribution in [3.8, 4) is 0 Å². The largest absolute Gasteiger partial charge is 0.368 e. The topological polar surface area (TPSA) is 67.9 Å². The summed E-state index contributed by atoms with van der Waals surface area (Å²) in [6, 6.07) is 7.81. The zero-order valence-electron chi connectivity index (χ0n) is 15.5. The summed E-state index contributed by atoms with van der Waals surface area (Å²) in [5.74, 6) is -0.0726. The summed E-state index contributed by atoms with van der Waals surface area (Å²) in [4.78, 5) is 29.3. The van der Waals surface area contributed by atoms with E-state index < -0.39 is 0 Å². The molecule has 0 radical (unpaired) electrons. The number of halogens is 2. The standard InChI is InChI=1S/C17H27N5O2.2ClH/c1-14(23)19-15-4-6-16(7-5-15)21-10-12-22(13-11-21)17(24)18-8-9-20(2)3;;/h4-7H,8-13H2,1-3H3,(H,18,24)(H,19,23);2*1H. The van der Waals surface area contributed by atoms with Crippen molar-refractivity contribution >= 4 is 48.1 Å². The number of likely N-dealkylation sites (N-methyl/N-ethyl adjacent to an activating group) is 1. The first-order chi connectivity index (χ1) is 11.5. The second-order valence-electron chi connectivity index (χ2n) is 6.24. The molecule has 1 aromatic rings. The lowest BCUT2D eigenvalue weighted by Crippen LogP contribution is -2.52. The number of nitrogens with one attached hydrogen (secondary N) is 2. The Labute approximate surface area is 167 Å². The zero-order chi connectivity index (χ0) is 17.5. The van der Waals surface area contributed by atoms with E-state index in [-0.39, 0.29) is 36.8 Å². The highest BCUT2D eigenvalue weighted by atomic mass is 35.5. The molecule has 0 atom stereocenters. The van der Waals surface area contributed by atoms with Crippen LogP contribution in [0.3, 0.4) is 0 Å². The van der Waals surface area contributed by atoms with Gasteiger partial charge in [0.2, 0.25) is 5.91 Å². The number of amides is 3. The number of anilines is 2. The number of carbonyl (C=O) groups is 2. The molecule has 1 heterocycles. The summed E-state index contributed by atoms with van der Waals surface area (Å²) in [7, 11) is 3.98. The number of benzene rings is 1. The van der Waals surface area contributed by atoms with Gasteiger partial charge < -0.3 is 25.3 Å². The summed E-state index contributed by atoms with van der Waals surface area (Å²) in [6.07, 6.45) is 0. The molecule has 9 heteroatoms. The van der Waals surface area contributed by atoms with E-state index in [2.05, 4.69) is 15.5 Å². The Hall–Kier alpha value is -1.70. The lowest BCUT2D eigenvalue weighted by molar-refractivity contribution is -0.114. The Balaban J connectivity index is 0.00000312. The highest BCUT2D eigenvalue weighted by Gasteiger charge is 2.20. The number of rotatable bonds is 5. The molecule has 1 aromatic carbocycles. The molecule has 1 aliphatic rings. The van der Waals surface area contributed by atoms with E-state index >= 15 is 0 Å². The van der Waals surface area contributed by atoms with Gasteiger partial charge in [-0.25, -0.2) is 4.79 Å². The lowest BCUT2D eigenvalue weighted by Gasteiger charge is -2.36. The fourth-order valence-corrected chi connectivity index (χ4v) is 2.62. The van der Waals surface area contributed by atoms with E-state index in [9.17, 15) is 9.59 Å². The Morgan fingerprint density at radius 2 is 1.62 bits per heavy atom. The minimum atomic E-state index is -0.0726. The SMILES string of the molecule is CC(=O)Nc1ccc(N2CCN(C(=O)NCCN(C)C)CC2)cc1.Cl.Cl. The highest BCUT2D eigenvalue weighted by molar-refractivity contribution is 5.88. The van der Waals surface area contributed by atoms with Gasteiger partial charge in [0, 0.05) is 57.6 Å². The predicted octanol–water partition coefficient (Wildman–Crippen LogP) is 1.88. The number of urea groups is 1. The average Bonchev–Trinajstić information content (AvgIpc) is 2.55. The normalized spacial score (nSPS) is 13.5. The Bertz CT molecular complexity index is 561. The van der Waals surface area contributed by atoms with Crippen LogP contribution < -0.4 is 15.5 Å². The maximum atomic E-state index is 12.1. The number of hydrogen-bond acceptors (Lipinski definition) is 4. The van der Waals surface area contributed by atoms with Crippen molar-refractivity contribution in [2.24, 2.45) is 0 Å². The van der Waals surface area contributed by atoms with Crippen LogP contribution in [-0.2, 0) is 4.79 Å². The monoisotopic (exact) mass is 405 g/mol. The van der Waals surface area contributed by atoms with E-state index in [1.807, 2.05) is 48.2 Å². The average molecular weight is 406 g/mol. The van der Waals surface area contributed by atoms with Gasteiger partial charge in [-0.1, -0.05) is 0 Å². The van der Waals surface area contributed by atoms with Gasteiger partial charge in [0.25, 0.3) is 0 Å². The van der Waals surface area contributed by atoms with Crippen molar-refractivity contribution in [1.82, 2.24) is 15.1 Å². The van der Waals surface area contributed by atoms with Gasteiger partial charge in [-0.2, -0.15) is 0 Å². The summed E-state index contributed by atoms with van der Waals surface area (Å²) >= 11 is 0. The molecular formula is C17H29Cl2N5O2. The Morgan fingerprint density at radius 1 is 1.04 bits per heavy atom. The highest BCUT2D eigenvalue weighted by Crippen LogP contribution is 2.19. The first-order valence-corrected chi connectivity index (χ1v) is 8.26. The zero-order valence-corrected chi connectivity index (χ0v) is 17.2. The maximum absolute atomic E-state index is 12.1. The maximum Gasteiger partial charge on any atom is 0.317 e. The van der Waals surface area contributed by atoms with Crippen LogP contribution in [0.1, 0.15) is 6.92 Å². The minimum absolute atomic E-state index is 0. The van der Waals surface area contributed by atoms with Crippen LogP contribution in [0.15, 0.2) is 24.3 Å². The van der Waals surface area contributed by atoms with Gasteiger partial charge >= 0.3 is 6.03 Å². The first kappa shape index (κ1) is 24.3. The van der Waals surface area contributed by atoms with Crippen LogP contribution in [0.25, 0.3) is 0 Å². The fourth-order valence-electron chi connectivity index (χ4n) is 2.62. The molecule has 148 valence electrons. The fraction of sp³-hybridized carbons (Fsp3) is 0.529. The van der Waals surface area contributed by atoms with Crippen molar-refractivity contribution in [2.75, 3.05) is 63.6 Å². The van der Waals surface area contributed by atoms with E-state index in [0.29, 0.717) is 19.6 Å². The molecule has 1 aliphatic heterocycles. The van der Waals surface area contributed by atoms with Crippen LogP contribution >= 0.6 is 24.8 Å². The number of nitrogens with zero attached hydrogens (tertiary/aromatic N) is 3. The van der Waals surface area contributed by atoms with Crippen molar-refractivity contribution in [3.63, 3.8) is 0 Å². The van der Waals surface area contributed by atoms with Crippen LogP contribution in [0.5, 0.6) is 0 Å². The number of hydrogen-bond donors (Lipinski definition) is 2. The molecule has 0 aliphatic carbocycles. The van der Waals surface area contributed by atoms with E-state index in [4.69, 9.17) is 0 Å². The van der Waals surface area contributed by atoms with Crippen molar-refractivity contribution < 1.29 is 9.59 Å². The molecule has 0 bridgehead atoms. The van der Waals surface area contributed by atoms with E-state index in [0.717, 1.165) is 31.0 Å². The third kappa shape index (κ3) is 7.68.